The second-order valence-electron chi connectivity index (χ2n) is 6.60. The van der Waals surface area contributed by atoms with Gasteiger partial charge in [-0.05, 0) is 42.9 Å². The normalized spacial score (nSPS) is 14.4. The van der Waals surface area contributed by atoms with Crippen LogP contribution in [0.5, 0.6) is 0 Å². The summed E-state index contributed by atoms with van der Waals surface area (Å²) in [7, 11) is 0. The largest absolute Gasteiger partial charge is 0.382 e. The maximum atomic E-state index is 12.4. The van der Waals surface area contributed by atoms with Gasteiger partial charge in [-0.3, -0.25) is 4.79 Å². The predicted molar refractivity (Wildman–Crippen MR) is 104 cm³/mol. The van der Waals surface area contributed by atoms with E-state index in [1.165, 1.54) is 19.2 Å². The first-order valence-electron chi connectivity index (χ1n) is 8.41. The minimum Gasteiger partial charge on any atom is -0.382 e. The molecule has 0 aliphatic heterocycles. The van der Waals surface area contributed by atoms with E-state index >= 15 is 0 Å². The fourth-order valence-electron chi connectivity index (χ4n) is 2.88. The van der Waals surface area contributed by atoms with Crippen molar-refractivity contribution in [3.8, 4) is 0 Å². The molecule has 126 valence electrons. The van der Waals surface area contributed by atoms with Crippen LogP contribution in [0.3, 0.4) is 0 Å². The molecule has 3 aromatic rings. The second kappa shape index (κ2) is 6.41. The number of rotatable bonds is 5. The van der Waals surface area contributed by atoms with Crippen LogP contribution in [-0.4, -0.2) is 15.8 Å². The first-order chi connectivity index (χ1) is 12.1. The molecular formula is C20H19N3OS. The lowest BCUT2D eigenvalue weighted by Crippen LogP contribution is -2.00. The topological polar surface area (TPSA) is 68.9 Å². The van der Waals surface area contributed by atoms with Crippen molar-refractivity contribution in [2.24, 2.45) is 5.92 Å². The molecule has 0 spiro atoms. The monoisotopic (exact) mass is 349 g/mol. The molecule has 1 saturated carbocycles. The van der Waals surface area contributed by atoms with Crippen molar-refractivity contribution >= 4 is 45.3 Å². The second-order valence-corrected chi connectivity index (χ2v) is 7.48. The van der Waals surface area contributed by atoms with Gasteiger partial charge in [-0.2, -0.15) is 0 Å². The summed E-state index contributed by atoms with van der Waals surface area (Å²) in [4.78, 5) is 20.7. The Morgan fingerprint density at radius 2 is 2.08 bits per heavy atom. The Kier molecular flexibility index (Phi) is 4.09. The highest BCUT2D eigenvalue weighted by atomic mass is 32.1. The number of carbonyl (C=O) groups is 1. The number of fused-ring (bicyclic) bond motifs is 1. The first kappa shape index (κ1) is 16.0. The minimum absolute atomic E-state index is 0.249. The number of aromatic nitrogens is 2. The molecule has 0 saturated heterocycles. The van der Waals surface area contributed by atoms with Gasteiger partial charge in [0, 0.05) is 22.9 Å². The molecule has 1 fully saturated rings. The fraction of sp³-hybridized carbons (Fsp3) is 0.250. The van der Waals surface area contributed by atoms with E-state index in [4.69, 9.17) is 5.73 Å². The molecule has 0 radical (unpaired) electrons. The molecule has 2 N–H and O–H groups in total. The molecule has 0 unspecified atom stereocenters. The summed E-state index contributed by atoms with van der Waals surface area (Å²) in [5, 5.41) is 2.03. The number of nitrogen functional groups attached to an aromatic ring is 1. The number of thiophene rings is 1. The zero-order valence-electron chi connectivity index (χ0n) is 14.0. The highest BCUT2D eigenvalue weighted by Crippen LogP contribution is 2.34. The van der Waals surface area contributed by atoms with Crippen molar-refractivity contribution in [1.29, 1.82) is 0 Å². The maximum absolute atomic E-state index is 12.4. The molecular weight excluding hydrogens is 330 g/mol. The highest BCUT2D eigenvalue weighted by Gasteiger charge is 2.24. The van der Waals surface area contributed by atoms with Gasteiger partial charge >= 0.3 is 0 Å². The molecule has 5 heteroatoms. The Hall–Kier alpha value is -2.53. The number of ketones is 1. The average molecular weight is 349 g/mol. The third-order valence-electron chi connectivity index (χ3n) is 4.62. The van der Waals surface area contributed by atoms with Crippen molar-refractivity contribution in [2.75, 3.05) is 5.73 Å². The van der Waals surface area contributed by atoms with E-state index in [2.05, 4.69) is 16.9 Å². The van der Waals surface area contributed by atoms with Gasteiger partial charge in [0.2, 0.25) is 0 Å². The van der Waals surface area contributed by atoms with E-state index in [-0.39, 0.29) is 5.78 Å². The van der Waals surface area contributed by atoms with E-state index < -0.39 is 0 Å². The Labute approximate surface area is 150 Å². The number of Topliss-reactive ketones (excluding diaryl/α,β-unsaturated/α-hetero) is 1. The number of anilines is 1. The molecule has 0 bridgehead atoms. The van der Waals surface area contributed by atoms with Crippen molar-refractivity contribution in [2.45, 2.75) is 26.2 Å². The molecule has 25 heavy (non-hydrogen) atoms. The summed E-state index contributed by atoms with van der Waals surface area (Å²) in [6, 6.07) is 5.95. The van der Waals surface area contributed by atoms with Crippen molar-refractivity contribution in [3.05, 3.63) is 52.2 Å². The predicted octanol–water partition coefficient (Wildman–Crippen LogP) is 4.74. The molecule has 0 atom stereocenters. The maximum Gasteiger partial charge on any atom is 0.163 e. The number of carbonyl (C=O) groups excluding carboxylic acids is 1. The van der Waals surface area contributed by atoms with Gasteiger partial charge in [0.1, 0.15) is 12.1 Å². The third-order valence-corrected chi connectivity index (χ3v) is 5.63. The van der Waals surface area contributed by atoms with E-state index in [1.54, 1.807) is 11.3 Å². The van der Waals surface area contributed by atoms with Gasteiger partial charge in [0.25, 0.3) is 0 Å². The summed E-state index contributed by atoms with van der Waals surface area (Å²) in [5.74, 6) is 1.37. The number of nitrogens with two attached hydrogens (primary N) is 1. The van der Waals surface area contributed by atoms with Crippen LogP contribution in [0.15, 0.2) is 29.9 Å². The van der Waals surface area contributed by atoms with Crippen LogP contribution in [0, 0.1) is 12.8 Å². The van der Waals surface area contributed by atoms with E-state index in [1.807, 2.05) is 35.7 Å². The number of hydrogen-bond donors (Lipinski definition) is 1. The van der Waals surface area contributed by atoms with Crippen LogP contribution in [0.2, 0.25) is 0 Å². The van der Waals surface area contributed by atoms with Crippen molar-refractivity contribution in [3.63, 3.8) is 0 Å². The Balaban J connectivity index is 1.63. The zero-order chi connectivity index (χ0) is 17.4. The molecule has 0 amide bonds. The summed E-state index contributed by atoms with van der Waals surface area (Å²) >= 11 is 1.55. The van der Waals surface area contributed by atoms with Gasteiger partial charge in [0.15, 0.2) is 5.78 Å². The standard InChI is InChI=1S/C20H19N3OS/c1-12-2-5-15(17(24)8-13-3-4-13)9-14(12)6-7-16-10-25-19-18(16)22-11-23-20(19)21/h2,5-7,9-11,13H,3-4,8H2,1H3,(H2,21,22,23)/b7-6+. The molecule has 1 aromatic carbocycles. The van der Waals surface area contributed by atoms with Gasteiger partial charge in [0.05, 0.1) is 10.2 Å². The molecule has 1 aliphatic rings. The molecule has 2 heterocycles. The summed E-state index contributed by atoms with van der Waals surface area (Å²) in [6.07, 6.45) is 8.63. The van der Waals surface area contributed by atoms with Crippen LogP contribution in [0.1, 0.15) is 46.3 Å². The number of nitrogens with zero attached hydrogens (tertiary/aromatic N) is 2. The summed E-state index contributed by atoms with van der Waals surface area (Å²) in [6.45, 7) is 2.06. The smallest absolute Gasteiger partial charge is 0.163 e. The fourth-order valence-corrected chi connectivity index (χ4v) is 3.77. The Morgan fingerprint density at radius 1 is 1.28 bits per heavy atom. The van der Waals surface area contributed by atoms with E-state index in [0.717, 1.165) is 32.5 Å². The lowest BCUT2D eigenvalue weighted by Gasteiger charge is -2.05. The van der Waals surface area contributed by atoms with Crippen LogP contribution < -0.4 is 5.73 Å². The summed E-state index contributed by atoms with van der Waals surface area (Å²) in [5.41, 5.74) is 10.8. The minimum atomic E-state index is 0.249. The zero-order valence-corrected chi connectivity index (χ0v) is 14.8. The number of benzene rings is 1. The lowest BCUT2D eigenvalue weighted by atomic mass is 9.99. The van der Waals surface area contributed by atoms with Gasteiger partial charge in [-0.15, -0.1) is 11.3 Å². The van der Waals surface area contributed by atoms with Gasteiger partial charge in [-0.25, -0.2) is 9.97 Å². The van der Waals surface area contributed by atoms with E-state index in [9.17, 15) is 4.79 Å². The van der Waals surface area contributed by atoms with Gasteiger partial charge < -0.3 is 5.73 Å². The molecule has 4 rings (SSSR count). The lowest BCUT2D eigenvalue weighted by molar-refractivity contribution is 0.0976. The molecule has 1 aliphatic carbocycles. The molecule has 2 aromatic heterocycles. The SMILES string of the molecule is Cc1ccc(C(=O)CC2CC2)cc1/C=C/c1csc2c(N)ncnc12. The third kappa shape index (κ3) is 3.33. The van der Waals surface area contributed by atoms with Crippen LogP contribution in [0.4, 0.5) is 5.82 Å². The molecule has 4 nitrogen and oxygen atoms in total. The highest BCUT2D eigenvalue weighted by molar-refractivity contribution is 7.18. The van der Waals surface area contributed by atoms with Crippen LogP contribution in [-0.2, 0) is 0 Å². The van der Waals surface area contributed by atoms with Crippen molar-refractivity contribution < 1.29 is 4.79 Å². The quantitative estimate of drug-likeness (QED) is 0.676. The van der Waals surface area contributed by atoms with Crippen LogP contribution in [0.25, 0.3) is 22.4 Å². The van der Waals surface area contributed by atoms with Crippen LogP contribution >= 0.6 is 11.3 Å². The number of aryl methyl sites for hydroxylation is 1. The Bertz CT molecular complexity index is 986. The first-order valence-corrected chi connectivity index (χ1v) is 9.29. The summed E-state index contributed by atoms with van der Waals surface area (Å²) < 4.78 is 0.909. The average Bonchev–Trinajstić information content (AvgIpc) is 3.31. The number of hydrogen-bond acceptors (Lipinski definition) is 5. The Morgan fingerprint density at radius 3 is 2.88 bits per heavy atom. The van der Waals surface area contributed by atoms with Crippen molar-refractivity contribution in [1.82, 2.24) is 9.97 Å². The van der Waals surface area contributed by atoms with E-state index in [0.29, 0.717) is 18.2 Å². The van der Waals surface area contributed by atoms with Gasteiger partial charge in [-0.1, -0.05) is 24.3 Å².